The first kappa shape index (κ1) is 14.3. The molecule has 2 heterocycles. The van der Waals surface area contributed by atoms with Gasteiger partial charge in [-0.3, -0.25) is 9.59 Å². The molecule has 0 atom stereocenters. The van der Waals surface area contributed by atoms with Crippen LogP contribution < -0.4 is 4.90 Å². The summed E-state index contributed by atoms with van der Waals surface area (Å²) in [5.74, 6) is -1.17. The van der Waals surface area contributed by atoms with Crippen LogP contribution in [0.15, 0.2) is 42.5 Å². The van der Waals surface area contributed by atoms with E-state index in [2.05, 4.69) is 0 Å². The molecule has 0 spiro atoms. The monoisotopic (exact) mass is 321 g/mol. The number of benzene rings is 2. The molecule has 0 aliphatic carbocycles. The molecule has 0 aromatic heterocycles. The summed E-state index contributed by atoms with van der Waals surface area (Å²) >= 11 is 0. The number of hydrogen-bond donors (Lipinski definition) is 1. The highest BCUT2D eigenvalue weighted by Gasteiger charge is 2.41. The number of nitrogens with zero attached hydrogens (tertiary/aromatic N) is 2. The van der Waals surface area contributed by atoms with Gasteiger partial charge in [0.05, 0.1) is 12.1 Å². The van der Waals surface area contributed by atoms with Gasteiger partial charge in [-0.25, -0.2) is 9.69 Å². The summed E-state index contributed by atoms with van der Waals surface area (Å²) in [6.45, 7) is 1.32. The van der Waals surface area contributed by atoms with Crippen LogP contribution in [0.2, 0.25) is 0 Å². The molecule has 0 fully saturated rings. The average molecular weight is 321 g/mol. The number of rotatable bonds is 1. The van der Waals surface area contributed by atoms with E-state index >= 15 is 0 Å². The molecule has 0 saturated carbocycles. The molecule has 0 radical (unpaired) electrons. The smallest absolute Gasteiger partial charge is 0.429 e. The fraction of sp³-hybridized carbons (Fsp3) is 0.111. The first-order chi connectivity index (χ1) is 11.5. The molecular formula is C18H13N2O4+. The molecule has 6 nitrogen and oxygen atoms in total. The van der Waals surface area contributed by atoms with Crippen LogP contribution in [0.4, 0.5) is 11.4 Å². The van der Waals surface area contributed by atoms with Crippen molar-refractivity contribution in [3.8, 4) is 0 Å². The van der Waals surface area contributed by atoms with E-state index < -0.39 is 0 Å². The molecule has 0 bridgehead atoms. The fourth-order valence-electron chi connectivity index (χ4n) is 3.21. The van der Waals surface area contributed by atoms with E-state index in [1.54, 1.807) is 42.5 Å². The zero-order valence-electron chi connectivity index (χ0n) is 12.8. The summed E-state index contributed by atoms with van der Waals surface area (Å²) in [6, 6.07) is 11.7. The van der Waals surface area contributed by atoms with Crippen LogP contribution in [0.25, 0.3) is 0 Å². The normalized spacial score (nSPS) is 15.8. The maximum atomic E-state index is 12.6. The van der Waals surface area contributed by atoms with Gasteiger partial charge < -0.3 is 5.11 Å². The molecule has 3 amide bonds. The Hall–Kier alpha value is -3.28. The molecule has 2 aromatic carbocycles. The van der Waals surface area contributed by atoms with E-state index in [0.717, 1.165) is 10.5 Å². The highest BCUT2D eigenvalue weighted by atomic mass is 16.3. The Bertz CT molecular complexity index is 975. The van der Waals surface area contributed by atoms with Gasteiger partial charge in [-0.05, 0) is 23.8 Å². The van der Waals surface area contributed by atoms with E-state index in [9.17, 15) is 19.5 Å². The Morgan fingerprint density at radius 3 is 2.50 bits per heavy atom. The average Bonchev–Trinajstić information content (AvgIpc) is 3.01. The van der Waals surface area contributed by atoms with Gasteiger partial charge in [0.2, 0.25) is 17.5 Å². The number of carbonyl (C=O) groups excluding carboxylic acids is 3. The SMILES string of the molecule is CC(=O)N1C(=O)Cc2ccc([N+]3=C(O)c4ccccc4C3=O)cc21. The highest BCUT2D eigenvalue weighted by molar-refractivity contribution is 6.19. The Morgan fingerprint density at radius 2 is 1.83 bits per heavy atom. The van der Waals surface area contributed by atoms with Gasteiger partial charge in [0.1, 0.15) is 11.1 Å². The summed E-state index contributed by atoms with van der Waals surface area (Å²) in [6.07, 6.45) is 0.152. The molecule has 0 saturated heterocycles. The minimum absolute atomic E-state index is 0.152. The number of amides is 3. The van der Waals surface area contributed by atoms with Gasteiger partial charge in [-0.15, -0.1) is 0 Å². The summed E-state index contributed by atoms with van der Waals surface area (Å²) < 4.78 is 1.19. The fourth-order valence-corrected chi connectivity index (χ4v) is 3.21. The number of anilines is 1. The second-order valence-electron chi connectivity index (χ2n) is 5.75. The first-order valence-electron chi connectivity index (χ1n) is 7.45. The summed E-state index contributed by atoms with van der Waals surface area (Å²) in [5.41, 5.74) is 2.47. The van der Waals surface area contributed by atoms with Gasteiger partial charge in [-0.1, -0.05) is 16.7 Å². The van der Waals surface area contributed by atoms with Crippen LogP contribution in [0.3, 0.4) is 0 Å². The minimum Gasteiger partial charge on any atom is -0.459 e. The van der Waals surface area contributed by atoms with Gasteiger partial charge in [0, 0.05) is 19.1 Å². The molecule has 6 heteroatoms. The van der Waals surface area contributed by atoms with Crippen LogP contribution in [0.5, 0.6) is 0 Å². The molecule has 4 rings (SSSR count). The van der Waals surface area contributed by atoms with Crippen molar-refractivity contribution in [3.63, 3.8) is 0 Å². The van der Waals surface area contributed by atoms with Crippen molar-refractivity contribution in [2.75, 3.05) is 4.90 Å². The first-order valence-corrected chi connectivity index (χ1v) is 7.45. The standard InChI is InChI=1S/C18H12N2O4/c1-10(21)19-15-9-12(7-6-11(15)8-16(19)22)20-17(23)13-4-2-3-5-14(13)18(20)24/h2-7,9H,8H2,1H3/p+1. The number of fused-ring (bicyclic) bond motifs is 2. The number of imide groups is 1. The van der Waals surface area contributed by atoms with Crippen molar-refractivity contribution in [2.24, 2.45) is 0 Å². The number of aliphatic hydroxyl groups is 1. The summed E-state index contributed by atoms with van der Waals surface area (Å²) in [5, 5.41) is 10.4. The van der Waals surface area contributed by atoms with E-state index in [0.29, 0.717) is 22.5 Å². The predicted octanol–water partition coefficient (Wildman–Crippen LogP) is 1.92. The van der Waals surface area contributed by atoms with Gasteiger partial charge in [0.15, 0.2) is 0 Å². The van der Waals surface area contributed by atoms with Crippen LogP contribution in [-0.4, -0.2) is 33.3 Å². The minimum atomic E-state index is -0.375. The zero-order chi connectivity index (χ0) is 17.0. The zero-order valence-corrected chi connectivity index (χ0v) is 12.8. The third kappa shape index (κ3) is 1.83. The predicted molar refractivity (Wildman–Crippen MR) is 85.7 cm³/mol. The second kappa shape index (κ2) is 4.86. The molecule has 118 valence electrons. The van der Waals surface area contributed by atoms with E-state index in [1.807, 2.05) is 0 Å². The Labute approximate surface area is 137 Å². The van der Waals surface area contributed by atoms with Crippen LogP contribution in [0, 0.1) is 0 Å². The van der Waals surface area contributed by atoms with Crippen molar-refractivity contribution in [3.05, 3.63) is 59.2 Å². The lowest BCUT2D eigenvalue weighted by Crippen LogP contribution is -2.31. The van der Waals surface area contributed by atoms with Gasteiger partial charge in [-0.2, -0.15) is 0 Å². The lowest BCUT2D eigenvalue weighted by atomic mass is 10.1. The van der Waals surface area contributed by atoms with E-state index in [4.69, 9.17) is 0 Å². The van der Waals surface area contributed by atoms with E-state index in [-0.39, 0.29) is 30.0 Å². The van der Waals surface area contributed by atoms with Gasteiger partial charge >= 0.3 is 11.8 Å². The highest BCUT2D eigenvalue weighted by Crippen LogP contribution is 2.34. The Kier molecular flexibility index (Phi) is 2.90. The number of hydrogen-bond acceptors (Lipinski definition) is 3. The van der Waals surface area contributed by atoms with Crippen LogP contribution in [-0.2, 0) is 16.0 Å². The molecule has 24 heavy (non-hydrogen) atoms. The third-order valence-corrected chi connectivity index (χ3v) is 4.29. The molecule has 2 aliphatic heterocycles. The number of carbonyl (C=O) groups is 3. The summed E-state index contributed by atoms with van der Waals surface area (Å²) in [4.78, 5) is 37.4. The van der Waals surface area contributed by atoms with Crippen LogP contribution >= 0.6 is 0 Å². The maximum Gasteiger partial charge on any atom is 0.429 e. The Morgan fingerprint density at radius 1 is 1.12 bits per heavy atom. The van der Waals surface area contributed by atoms with Crippen molar-refractivity contribution < 1.29 is 24.1 Å². The van der Waals surface area contributed by atoms with Crippen LogP contribution in [0.1, 0.15) is 28.4 Å². The topological polar surface area (TPSA) is 77.7 Å². The van der Waals surface area contributed by atoms with Gasteiger partial charge in [0.25, 0.3) is 0 Å². The summed E-state index contributed by atoms with van der Waals surface area (Å²) in [7, 11) is 0. The van der Waals surface area contributed by atoms with Crippen molar-refractivity contribution in [2.45, 2.75) is 13.3 Å². The lowest BCUT2D eigenvalue weighted by Gasteiger charge is -2.12. The molecule has 1 N–H and O–H groups in total. The van der Waals surface area contributed by atoms with E-state index in [1.165, 1.54) is 11.5 Å². The molecule has 2 aliphatic rings. The molecule has 2 aromatic rings. The maximum absolute atomic E-state index is 12.6. The number of aliphatic hydroxyl groups excluding tert-OH is 1. The molecule has 0 unspecified atom stereocenters. The van der Waals surface area contributed by atoms with Crippen molar-refractivity contribution >= 4 is 35.0 Å². The van der Waals surface area contributed by atoms with Crippen molar-refractivity contribution in [1.29, 1.82) is 0 Å². The quantitative estimate of drug-likeness (QED) is 0.814. The lowest BCUT2D eigenvalue weighted by molar-refractivity contribution is -0.340. The largest absolute Gasteiger partial charge is 0.459 e. The van der Waals surface area contributed by atoms with Crippen molar-refractivity contribution in [1.82, 2.24) is 0 Å². The Balaban J connectivity index is 1.86. The molecular weight excluding hydrogens is 308 g/mol. The second-order valence-corrected chi connectivity index (χ2v) is 5.75. The third-order valence-electron chi connectivity index (χ3n) is 4.29.